The van der Waals surface area contributed by atoms with Gasteiger partial charge >= 0.3 is 0 Å². The number of likely N-dealkylation sites (N-methyl/N-ethyl adjacent to an activating group) is 1. The minimum Gasteiger partial charge on any atom is -0.492 e. The van der Waals surface area contributed by atoms with Gasteiger partial charge < -0.3 is 14.5 Å². The Morgan fingerprint density at radius 2 is 1.89 bits per heavy atom. The summed E-state index contributed by atoms with van der Waals surface area (Å²) in [6.45, 7) is 4.31. The average Bonchev–Trinajstić information content (AvgIpc) is 2.89. The molecule has 2 rings (SSSR count). The van der Waals surface area contributed by atoms with E-state index in [1.807, 2.05) is 6.92 Å². The second-order valence-corrected chi connectivity index (χ2v) is 5.70. The van der Waals surface area contributed by atoms with E-state index in [0.29, 0.717) is 25.3 Å². The van der Waals surface area contributed by atoms with E-state index >= 15 is 0 Å². The normalized spacial score (nSPS) is 12.7. The number of ether oxygens (including phenoxy) is 1. The Bertz CT molecular complexity index is 750. The molecular formula is C17H21N3O7. The summed E-state index contributed by atoms with van der Waals surface area (Å²) in [6, 6.07) is 4.51. The van der Waals surface area contributed by atoms with Crippen LogP contribution in [0.4, 0.5) is 0 Å². The van der Waals surface area contributed by atoms with Gasteiger partial charge in [0.1, 0.15) is 19.0 Å². The molecule has 146 valence electrons. The third-order valence-electron chi connectivity index (χ3n) is 4.12. The number of fused-ring (bicyclic) bond motifs is 1. The second-order valence-electron chi connectivity index (χ2n) is 5.70. The van der Waals surface area contributed by atoms with Gasteiger partial charge in [-0.3, -0.25) is 19.3 Å². The number of carbonyl (C=O) groups is 3. The standard InChI is InChI=1S/C17H21N3O7/c1-3-15(21)18(4-2)7-9-26-12-5-6-13-14(11-12)17(23)19(16(13)22)8-10-27-20(24)25/h5-6,11H,3-4,7-10H2,1-2H3. The number of imide groups is 1. The molecule has 1 aromatic carbocycles. The van der Waals surface area contributed by atoms with Crippen LogP contribution >= 0.6 is 0 Å². The molecule has 10 heteroatoms. The van der Waals surface area contributed by atoms with Crippen LogP contribution in [0, 0.1) is 10.1 Å². The topological polar surface area (TPSA) is 119 Å². The fraction of sp³-hybridized carbons (Fsp3) is 0.471. The van der Waals surface area contributed by atoms with Crippen LogP contribution in [-0.4, -0.2) is 65.5 Å². The van der Waals surface area contributed by atoms with Crippen molar-refractivity contribution in [2.24, 2.45) is 0 Å². The number of amides is 3. The van der Waals surface area contributed by atoms with Gasteiger partial charge in [0.25, 0.3) is 16.9 Å². The van der Waals surface area contributed by atoms with Crippen molar-refractivity contribution in [1.29, 1.82) is 0 Å². The van der Waals surface area contributed by atoms with Crippen molar-refractivity contribution in [3.05, 3.63) is 39.4 Å². The molecule has 1 aromatic rings. The van der Waals surface area contributed by atoms with Gasteiger partial charge in [-0.25, -0.2) is 0 Å². The molecule has 27 heavy (non-hydrogen) atoms. The number of nitrogens with zero attached hydrogens (tertiary/aromatic N) is 3. The first-order chi connectivity index (χ1) is 12.9. The fourth-order valence-electron chi connectivity index (χ4n) is 2.73. The zero-order valence-electron chi connectivity index (χ0n) is 15.2. The molecule has 0 radical (unpaired) electrons. The molecule has 0 aliphatic carbocycles. The second kappa shape index (κ2) is 8.97. The number of benzene rings is 1. The van der Waals surface area contributed by atoms with E-state index in [1.54, 1.807) is 17.9 Å². The first kappa shape index (κ1) is 20.1. The van der Waals surface area contributed by atoms with Crippen LogP contribution in [0.5, 0.6) is 5.75 Å². The number of carbonyl (C=O) groups excluding carboxylic acids is 3. The van der Waals surface area contributed by atoms with Crippen molar-refractivity contribution >= 4 is 17.7 Å². The van der Waals surface area contributed by atoms with Crippen LogP contribution < -0.4 is 4.74 Å². The molecule has 10 nitrogen and oxygen atoms in total. The number of rotatable bonds is 10. The molecule has 0 N–H and O–H groups in total. The molecule has 1 aliphatic rings. The highest BCUT2D eigenvalue weighted by atomic mass is 16.9. The Hall–Kier alpha value is -3.17. The molecule has 0 aromatic heterocycles. The molecule has 1 aliphatic heterocycles. The highest BCUT2D eigenvalue weighted by molar-refractivity contribution is 6.21. The van der Waals surface area contributed by atoms with E-state index in [2.05, 4.69) is 4.84 Å². The van der Waals surface area contributed by atoms with Crippen molar-refractivity contribution in [3.8, 4) is 5.75 Å². The molecule has 0 saturated heterocycles. The van der Waals surface area contributed by atoms with Gasteiger partial charge in [0.2, 0.25) is 5.91 Å². The van der Waals surface area contributed by atoms with Gasteiger partial charge in [0.05, 0.1) is 24.2 Å². The smallest absolute Gasteiger partial charge is 0.294 e. The highest BCUT2D eigenvalue weighted by Gasteiger charge is 2.35. The molecule has 0 spiro atoms. The molecule has 0 atom stereocenters. The minimum absolute atomic E-state index is 0.0309. The van der Waals surface area contributed by atoms with Crippen molar-refractivity contribution in [3.63, 3.8) is 0 Å². The Kier molecular flexibility index (Phi) is 6.69. The first-order valence-electron chi connectivity index (χ1n) is 8.57. The van der Waals surface area contributed by atoms with Crippen molar-refractivity contribution in [2.45, 2.75) is 20.3 Å². The zero-order chi connectivity index (χ0) is 20.0. The summed E-state index contributed by atoms with van der Waals surface area (Å²) < 4.78 is 5.60. The minimum atomic E-state index is -0.979. The van der Waals surface area contributed by atoms with E-state index in [9.17, 15) is 24.5 Å². The number of hydrogen-bond donors (Lipinski definition) is 0. The van der Waals surface area contributed by atoms with E-state index in [0.717, 1.165) is 4.90 Å². The van der Waals surface area contributed by atoms with Crippen LogP contribution in [-0.2, 0) is 9.63 Å². The lowest BCUT2D eigenvalue weighted by Crippen LogP contribution is -2.33. The summed E-state index contributed by atoms with van der Waals surface area (Å²) >= 11 is 0. The quantitative estimate of drug-likeness (QED) is 0.339. The SMILES string of the molecule is CCC(=O)N(CC)CCOc1ccc2c(c1)C(=O)N(CCO[N+](=O)[O-])C2=O. The number of hydrogen-bond acceptors (Lipinski definition) is 7. The summed E-state index contributed by atoms with van der Waals surface area (Å²) in [6.07, 6.45) is 0.416. The molecule has 0 unspecified atom stereocenters. The van der Waals surface area contributed by atoms with Crippen LogP contribution in [0.15, 0.2) is 18.2 Å². The van der Waals surface area contributed by atoms with Gasteiger partial charge in [-0.1, -0.05) is 6.92 Å². The maximum absolute atomic E-state index is 12.4. The van der Waals surface area contributed by atoms with Gasteiger partial charge in [-0.05, 0) is 25.1 Å². The summed E-state index contributed by atoms with van der Waals surface area (Å²) in [5.41, 5.74) is 0.389. The largest absolute Gasteiger partial charge is 0.492 e. The lowest BCUT2D eigenvalue weighted by molar-refractivity contribution is -0.757. The summed E-state index contributed by atoms with van der Waals surface area (Å²) in [5, 5.41) is 9.21. The maximum atomic E-state index is 12.4. The van der Waals surface area contributed by atoms with E-state index in [1.165, 1.54) is 12.1 Å². The van der Waals surface area contributed by atoms with E-state index in [4.69, 9.17) is 4.74 Å². The van der Waals surface area contributed by atoms with Crippen LogP contribution in [0.3, 0.4) is 0 Å². The molecule has 3 amide bonds. The van der Waals surface area contributed by atoms with Gasteiger partial charge in [-0.2, -0.15) is 0 Å². The summed E-state index contributed by atoms with van der Waals surface area (Å²) in [4.78, 5) is 53.2. The van der Waals surface area contributed by atoms with Crippen LogP contribution in [0.1, 0.15) is 41.0 Å². The lowest BCUT2D eigenvalue weighted by Gasteiger charge is -2.20. The average molecular weight is 379 g/mol. The molecular weight excluding hydrogens is 358 g/mol. The molecule has 0 fully saturated rings. The summed E-state index contributed by atoms with van der Waals surface area (Å²) in [7, 11) is 0. The third-order valence-corrected chi connectivity index (χ3v) is 4.12. The van der Waals surface area contributed by atoms with Gasteiger partial charge in [0, 0.05) is 13.0 Å². The monoisotopic (exact) mass is 379 g/mol. The van der Waals surface area contributed by atoms with E-state index in [-0.39, 0.29) is 36.8 Å². The Balaban J connectivity index is 1.98. The van der Waals surface area contributed by atoms with Gasteiger partial charge in [0.15, 0.2) is 0 Å². The Morgan fingerprint density at radius 3 is 2.52 bits per heavy atom. The first-order valence-corrected chi connectivity index (χ1v) is 8.57. The predicted octanol–water partition coefficient (Wildman–Crippen LogP) is 1.13. The predicted molar refractivity (Wildman–Crippen MR) is 92.8 cm³/mol. The third kappa shape index (κ3) is 4.72. The van der Waals surface area contributed by atoms with Crippen LogP contribution in [0.25, 0.3) is 0 Å². The maximum Gasteiger partial charge on any atom is 0.294 e. The van der Waals surface area contributed by atoms with Crippen LogP contribution in [0.2, 0.25) is 0 Å². The van der Waals surface area contributed by atoms with Crippen molar-refractivity contribution in [2.75, 3.05) is 32.8 Å². The van der Waals surface area contributed by atoms with E-state index < -0.39 is 16.9 Å². The Labute approximate surface area is 155 Å². The highest BCUT2D eigenvalue weighted by Crippen LogP contribution is 2.26. The molecule has 0 bridgehead atoms. The van der Waals surface area contributed by atoms with Gasteiger partial charge in [-0.15, -0.1) is 10.1 Å². The molecule has 0 saturated carbocycles. The van der Waals surface area contributed by atoms with Crippen molar-refractivity contribution < 1.29 is 29.0 Å². The Morgan fingerprint density at radius 1 is 1.19 bits per heavy atom. The summed E-state index contributed by atoms with van der Waals surface area (Å²) in [5.74, 6) is -0.648. The fourth-order valence-corrected chi connectivity index (χ4v) is 2.73. The lowest BCUT2D eigenvalue weighted by atomic mass is 10.1. The van der Waals surface area contributed by atoms with Crippen molar-refractivity contribution in [1.82, 2.24) is 9.80 Å². The molecule has 1 heterocycles. The zero-order valence-corrected chi connectivity index (χ0v) is 15.2.